The smallest absolute Gasteiger partial charge is 0.217 e. The zero-order chi connectivity index (χ0) is 13.7. The molecule has 0 saturated heterocycles. The molecule has 3 nitrogen and oxygen atoms in total. The molecule has 0 spiro atoms. The Kier molecular flexibility index (Phi) is 4.74. The van der Waals surface area contributed by atoms with Crippen molar-refractivity contribution in [2.75, 3.05) is 0 Å². The first-order valence-electron chi connectivity index (χ1n) is 6.40. The Balaban J connectivity index is 2.09. The molecule has 2 rings (SSSR count). The van der Waals surface area contributed by atoms with E-state index in [0.29, 0.717) is 17.5 Å². The van der Waals surface area contributed by atoms with Crippen molar-refractivity contribution in [2.24, 2.45) is 0 Å². The fourth-order valence-electron chi connectivity index (χ4n) is 1.78. The van der Waals surface area contributed by atoms with E-state index in [4.69, 9.17) is 16.3 Å². The maximum atomic E-state index is 6.09. The van der Waals surface area contributed by atoms with E-state index in [9.17, 15) is 0 Å². The Morgan fingerprint density at radius 2 is 2.00 bits per heavy atom. The van der Waals surface area contributed by atoms with Crippen LogP contribution in [0.4, 0.5) is 0 Å². The fourth-order valence-corrected chi connectivity index (χ4v) is 1.97. The standard InChI is InChI=1S/C15H17ClN2O/c1-3-6-14-17-11(2)9-15(18-14)19-10-12-7-4-5-8-13(12)16/h4-5,7-9H,3,6,10H2,1-2H3. The maximum Gasteiger partial charge on any atom is 0.217 e. The molecule has 1 aromatic heterocycles. The summed E-state index contributed by atoms with van der Waals surface area (Å²) in [5.41, 5.74) is 1.88. The summed E-state index contributed by atoms with van der Waals surface area (Å²) >= 11 is 6.09. The molecule has 0 aliphatic carbocycles. The number of hydrogen-bond acceptors (Lipinski definition) is 3. The normalized spacial score (nSPS) is 10.5. The Bertz CT molecular complexity index is 558. The molecule has 0 N–H and O–H groups in total. The molecule has 0 radical (unpaired) electrons. The van der Waals surface area contributed by atoms with Crippen LogP contribution >= 0.6 is 11.6 Å². The number of aryl methyl sites for hydroxylation is 2. The Hall–Kier alpha value is -1.61. The van der Waals surface area contributed by atoms with E-state index < -0.39 is 0 Å². The quantitative estimate of drug-likeness (QED) is 0.829. The minimum Gasteiger partial charge on any atom is -0.473 e. The minimum atomic E-state index is 0.418. The molecule has 0 bridgehead atoms. The zero-order valence-corrected chi connectivity index (χ0v) is 11.9. The average molecular weight is 277 g/mol. The third kappa shape index (κ3) is 3.93. The van der Waals surface area contributed by atoms with Crippen molar-refractivity contribution in [3.8, 4) is 5.88 Å². The lowest BCUT2D eigenvalue weighted by molar-refractivity contribution is 0.292. The molecule has 100 valence electrons. The van der Waals surface area contributed by atoms with Gasteiger partial charge in [-0.1, -0.05) is 36.7 Å². The predicted octanol–water partition coefficient (Wildman–Crippen LogP) is 3.97. The van der Waals surface area contributed by atoms with Gasteiger partial charge in [-0.2, -0.15) is 4.98 Å². The second-order valence-corrected chi connectivity index (χ2v) is 4.80. The van der Waals surface area contributed by atoms with E-state index in [-0.39, 0.29) is 0 Å². The molecule has 0 amide bonds. The Morgan fingerprint density at radius 1 is 1.21 bits per heavy atom. The SMILES string of the molecule is CCCc1nc(C)cc(OCc2ccccc2Cl)n1. The molecule has 1 heterocycles. The number of nitrogens with zero attached hydrogens (tertiary/aromatic N) is 2. The lowest BCUT2D eigenvalue weighted by atomic mass is 10.2. The number of hydrogen-bond donors (Lipinski definition) is 0. The van der Waals surface area contributed by atoms with E-state index in [1.807, 2.05) is 37.3 Å². The lowest BCUT2D eigenvalue weighted by Crippen LogP contribution is -2.03. The third-order valence-corrected chi connectivity index (χ3v) is 3.05. The molecule has 0 saturated carbocycles. The second-order valence-electron chi connectivity index (χ2n) is 4.39. The highest BCUT2D eigenvalue weighted by atomic mass is 35.5. The van der Waals surface area contributed by atoms with Crippen LogP contribution in [-0.2, 0) is 13.0 Å². The highest BCUT2D eigenvalue weighted by Gasteiger charge is 2.04. The molecular weight excluding hydrogens is 260 g/mol. The summed E-state index contributed by atoms with van der Waals surface area (Å²) in [6, 6.07) is 9.49. The highest BCUT2D eigenvalue weighted by Crippen LogP contribution is 2.18. The zero-order valence-electron chi connectivity index (χ0n) is 11.2. The van der Waals surface area contributed by atoms with Gasteiger partial charge in [-0.15, -0.1) is 0 Å². The molecule has 0 fully saturated rings. The van der Waals surface area contributed by atoms with Gasteiger partial charge in [0.2, 0.25) is 5.88 Å². The number of rotatable bonds is 5. The first-order chi connectivity index (χ1) is 9.19. The van der Waals surface area contributed by atoms with Gasteiger partial charge in [-0.25, -0.2) is 4.98 Å². The van der Waals surface area contributed by atoms with Gasteiger partial charge in [0.25, 0.3) is 0 Å². The highest BCUT2D eigenvalue weighted by molar-refractivity contribution is 6.31. The molecule has 2 aromatic rings. The van der Waals surface area contributed by atoms with Gasteiger partial charge in [-0.3, -0.25) is 0 Å². The summed E-state index contributed by atoms with van der Waals surface area (Å²) in [6.45, 7) is 4.47. The maximum absolute atomic E-state index is 6.09. The molecule has 0 unspecified atom stereocenters. The van der Waals surface area contributed by atoms with Gasteiger partial charge >= 0.3 is 0 Å². The second kappa shape index (κ2) is 6.53. The lowest BCUT2D eigenvalue weighted by Gasteiger charge is -2.08. The molecule has 1 aromatic carbocycles. The van der Waals surface area contributed by atoms with Crippen molar-refractivity contribution < 1.29 is 4.74 Å². The van der Waals surface area contributed by atoms with Crippen molar-refractivity contribution in [1.82, 2.24) is 9.97 Å². The van der Waals surface area contributed by atoms with Crippen LogP contribution in [-0.4, -0.2) is 9.97 Å². The van der Waals surface area contributed by atoms with Crippen LogP contribution < -0.4 is 4.74 Å². The Labute approximate surface area is 118 Å². The van der Waals surface area contributed by atoms with Crippen LogP contribution in [0.15, 0.2) is 30.3 Å². The summed E-state index contributed by atoms with van der Waals surface area (Å²) in [6.07, 6.45) is 1.89. The summed E-state index contributed by atoms with van der Waals surface area (Å²) in [7, 11) is 0. The van der Waals surface area contributed by atoms with Gasteiger partial charge in [0.15, 0.2) is 0 Å². The van der Waals surface area contributed by atoms with Crippen LogP contribution in [0.25, 0.3) is 0 Å². The molecule has 4 heteroatoms. The first kappa shape index (κ1) is 13.8. The number of ether oxygens (including phenoxy) is 1. The third-order valence-electron chi connectivity index (χ3n) is 2.68. The van der Waals surface area contributed by atoms with Gasteiger partial charge < -0.3 is 4.74 Å². The molecular formula is C15H17ClN2O. The van der Waals surface area contributed by atoms with E-state index >= 15 is 0 Å². The van der Waals surface area contributed by atoms with Gasteiger partial charge in [0.05, 0.1) is 0 Å². The van der Waals surface area contributed by atoms with Gasteiger partial charge in [-0.05, 0) is 19.4 Å². The molecule has 0 aliphatic heterocycles. The monoisotopic (exact) mass is 276 g/mol. The van der Waals surface area contributed by atoms with Crippen molar-refractivity contribution >= 4 is 11.6 Å². The molecule has 19 heavy (non-hydrogen) atoms. The number of benzene rings is 1. The topological polar surface area (TPSA) is 35.0 Å². The van der Waals surface area contributed by atoms with Crippen LogP contribution in [0.1, 0.15) is 30.4 Å². The van der Waals surface area contributed by atoms with Crippen LogP contribution in [0.2, 0.25) is 5.02 Å². The van der Waals surface area contributed by atoms with Crippen molar-refractivity contribution in [3.63, 3.8) is 0 Å². The number of halogens is 1. The number of aromatic nitrogens is 2. The fraction of sp³-hybridized carbons (Fsp3) is 0.333. The summed E-state index contributed by atoms with van der Waals surface area (Å²) in [4.78, 5) is 8.77. The largest absolute Gasteiger partial charge is 0.473 e. The molecule has 0 aliphatic rings. The molecule has 0 atom stereocenters. The summed E-state index contributed by atoms with van der Waals surface area (Å²) < 4.78 is 5.71. The van der Waals surface area contributed by atoms with Crippen LogP contribution in [0.5, 0.6) is 5.88 Å². The predicted molar refractivity (Wildman–Crippen MR) is 76.5 cm³/mol. The average Bonchev–Trinajstić information content (AvgIpc) is 2.37. The van der Waals surface area contributed by atoms with Gasteiger partial charge in [0.1, 0.15) is 12.4 Å². The van der Waals surface area contributed by atoms with Crippen LogP contribution in [0.3, 0.4) is 0 Å². The summed E-state index contributed by atoms with van der Waals surface area (Å²) in [5, 5.41) is 0.710. The van der Waals surface area contributed by atoms with Crippen molar-refractivity contribution in [2.45, 2.75) is 33.3 Å². The first-order valence-corrected chi connectivity index (χ1v) is 6.77. The minimum absolute atomic E-state index is 0.418. The van der Waals surface area contributed by atoms with E-state index in [2.05, 4.69) is 16.9 Å². The summed E-state index contributed by atoms with van der Waals surface area (Å²) in [5.74, 6) is 1.44. The van der Waals surface area contributed by atoms with Gasteiger partial charge in [0, 0.05) is 28.8 Å². The van der Waals surface area contributed by atoms with E-state index in [1.165, 1.54) is 0 Å². The van der Waals surface area contributed by atoms with Crippen LogP contribution in [0, 0.1) is 6.92 Å². The van der Waals surface area contributed by atoms with Crippen molar-refractivity contribution in [1.29, 1.82) is 0 Å². The van der Waals surface area contributed by atoms with E-state index in [1.54, 1.807) is 0 Å². The van der Waals surface area contributed by atoms with E-state index in [0.717, 1.165) is 29.9 Å². The van der Waals surface area contributed by atoms with Crippen molar-refractivity contribution in [3.05, 3.63) is 52.4 Å². The Morgan fingerprint density at radius 3 is 2.74 bits per heavy atom.